The van der Waals surface area contributed by atoms with Gasteiger partial charge in [0.25, 0.3) is 0 Å². The number of nitrogens with zero attached hydrogens (tertiary/aromatic N) is 1. The molecule has 0 saturated carbocycles. The zero-order chi connectivity index (χ0) is 11.8. The lowest BCUT2D eigenvalue weighted by atomic mass is 10.1. The van der Waals surface area contributed by atoms with Crippen molar-refractivity contribution in [2.24, 2.45) is 12.8 Å². The number of aryl methyl sites for hydroxylation is 1. The van der Waals surface area contributed by atoms with E-state index in [0.29, 0.717) is 0 Å². The molecular weight excluding hydrogens is 228 g/mol. The van der Waals surface area contributed by atoms with Gasteiger partial charge in [0, 0.05) is 29.0 Å². The van der Waals surface area contributed by atoms with E-state index in [4.69, 9.17) is 5.73 Å². The van der Waals surface area contributed by atoms with Crippen molar-refractivity contribution in [1.82, 2.24) is 4.57 Å². The highest BCUT2D eigenvalue weighted by molar-refractivity contribution is 7.10. The van der Waals surface area contributed by atoms with E-state index in [1.165, 1.54) is 21.3 Å². The zero-order valence-corrected chi connectivity index (χ0v) is 10.4. The molecule has 2 heterocycles. The fourth-order valence-corrected chi connectivity index (χ4v) is 2.99. The van der Waals surface area contributed by atoms with Crippen LogP contribution in [-0.4, -0.2) is 4.57 Å². The standard InChI is InChI=1S/C14H14N2S/c1-16-9-11(10-5-2-3-6-12(10)16)14(15)13-7-4-8-17-13/h2-9,14H,15H2,1H3. The van der Waals surface area contributed by atoms with Crippen molar-refractivity contribution < 1.29 is 0 Å². The maximum absolute atomic E-state index is 6.34. The second-order valence-corrected chi connectivity index (χ2v) is 5.18. The molecule has 0 amide bonds. The van der Waals surface area contributed by atoms with Crippen LogP contribution in [0.15, 0.2) is 48.0 Å². The predicted molar refractivity (Wildman–Crippen MR) is 73.3 cm³/mol. The molecule has 1 atom stereocenters. The minimum absolute atomic E-state index is 0.0268. The Kier molecular flexibility index (Phi) is 2.50. The van der Waals surface area contributed by atoms with Crippen LogP contribution in [0.2, 0.25) is 0 Å². The lowest BCUT2D eigenvalue weighted by Gasteiger charge is -2.07. The average molecular weight is 242 g/mol. The Bertz CT molecular complexity index is 637. The molecule has 0 saturated heterocycles. The maximum Gasteiger partial charge on any atom is 0.0667 e. The Balaban J connectivity index is 2.18. The van der Waals surface area contributed by atoms with Crippen LogP contribution in [0.5, 0.6) is 0 Å². The average Bonchev–Trinajstić information content (AvgIpc) is 2.97. The summed E-state index contributed by atoms with van der Waals surface area (Å²) in [6.45, 7) is 0. The van der Waals surface area contributed by atoms with Crippen LogP contribution in [0.4, 0.5) is 0 Å². The van der Waals surface area contributed by atoms with Crippen LogP contribution in [0.1, 0.15) is 16.5 Å². The molecule has 1 aromatic carbocycles. The fraction of sp³-hybridized carbons (Fsp3) is 0.143. The third kappa shape index (κ3) is 1.68. The molecule has 2 aromatic heterocycles. The smallest absolute Gasteiger partial charge is 0.0667 e. The molecular formula is C14H14N2S. The first-order chi connectivity index (χ1) is 8.27. The Morgan fingerprint density at radius 2 is 2.00 bits per heavy atom. The molecule has 3 heteroatoms. The van der Waals surface area contributed by atoms with Crippen LogP contribution in [0, 0.1) is 0 Å². The summed E-state index contributed by atoms with van der Waals surface area (Å²) in [6, 6.07) is 12.5. The number of benzene rings is 1. The number of para-hydroxylation sites is 1. The predicted octanol–water partition coefficient (Wildman–Crippen LogP) is 3.29. The van der Waals surface area contributed by atoms with E-state index in [-0.39, 0.29) is 6.04 Å². The van der Waals surface area contributed by atoms with E-state index >= 15 is 0 Å². The minimum atomic E-state index is -0.0268. The second-order valence-electron chi connectivity index (χ2n) is 4.21. The first-order valence-corrected chi connectivity index (χ1v) is 6.48. The molecule has 3 aromatic rings. The highest BCUT2D eigenvalue weighted by atomic mass is 32.1. The molecule has 17 heavy (non-hydrogen) atoms. The quantitative estimate of drug-likeness (QED) is 0.734. The molecule has 0 aliphatic heterocycles. The Morgan fingerprint density at radius 1 is 1.18 bits per heavy atom. The van der Waals surface area contributed by atoms with Gasteiger partial charge in [-0.15, -0.1) is 11.3 Å². The van der Waals surface area contributed by atoms with Crippen molar-refractivity contribution in [3.63, 3.8) is 0 Å². The summed E-state index contributed by atoms with van der Waals surface area (Å²) in [6.07, 6.45) is 2.13. The van der Waals surface area contributed by atoms with Gasteiger partial charge in [0.1, 0.15) is 0 Å². The van der Waals surface area contributed by atoms with Gasteiger partial charge in [0.05, 0.1) is 6.04 Å². The van der Waals surface area contributed by atoms with Gasteiger partial charge in [-0.1, -0.05) is 24.3 Å². The van der Waals surface area contributed by atoms with Crippen molar-refractivity contribution >= 4 is 22.2 Å². The monoisotopic (exact) mass is 242 g/mol. The summed E-state index contributed by atoms with van der Waals surface area (Å²) >= 11 is 1.71. The van der Waals surface area contributed by atoms with E-state index in [2.05, 4.69) is 53.5 Å². The molecule has 2 N–H and O–H groups in total. The Morgan fingerprint density at radius 3 is 2.76 bits per heavy atom. The lowest BCUT2D eigenvalue weighted by Crippen LogP contribution is -2.09. The van der Waals surface area contributed by atoms with Crippen molar-refractivity contribution in [2.45, 2.75) is 6.04 Å². The number of aromatic nitrogens is 1. The molecule has 0 fully saturated rings. The maximum atomic E-state index is 6.34. The summed E-state index contributed by atoms with van der Waals surface area (Å²) in [5, 5.41) is 3.32. The highest BCUT2D eigenvalue weighted by Gasteiger charge is 2.15. The fourth-order valence-electron chi connectivity index (χ4n) is 2.24. The summed E-state index contributed by atoms with van der Waals surface area (Å²) in [5.41, 5.74) is 8.77. The SMILES string of the molecule is Cn1cc(C(N)c2cccs2)c2ccccc21. The minimum Gasteiger partial charge on any atom is -0.350 e. The number of thiophene rings is 1. The van der Waals surface area contributed by atoms with E-state index in [9.17, 15) is 0 Å². The Hall–Kier alpha value is -1.58. The van der Waals surface area contributed by atoms with Crippen LogP contribution < -0.4 is 5.73 Å². The molecule has 0 bridgehead atoms. The normalized spacial score (nSPS) is 13.1. The van der Waals surface area contributed by atoms with Gasteiger partial charge >= 0.3 is 0 Å². The van der Waals surface area contributed by atoms with Crippen LogP contribution in [0.25, 0.3) is 10.9 Å². The van der Waals surface area contributed by atoms with E-state index in [0.717, 1.165) is 0 Å². The third-order valence-electron chi connectivity index (χ3n) is 3.11. The molecule has 0 radical (unpaired) electrons. The summed E-state index contributed by atoms with van der Waals surface area (Å²) < 4.78 is 2.14. The number of nitrogens with two attached hydrogens (primary N) is 1. The van der Waals surface area contributed by atoms with Gasteiger partial charge in [-0.25, -0.2) is 0 Å². The van der Waals surface area contributed by atoms with Gasteiger partial charge in [-0.2, -0.15) is 0 Å². The molecule has 0 aliphatic rings. The van der Waals surface area contributed by atoms with Gasteiger partial charge in [0.2, 0.25) is 0 Å². The van der Waals surface area contributed by atoms with Gasteiger partial charge in [-0.3, -0.25) is 0 Å². The molecule has 0 aliphatic carbocycles. The van der Waals surface area contributed by atoms with Crippen LogP contribution >= 0.6 is 11.3 Å². The molecule has 2 nitrogen and oxygen atoms in total. The van der Waals surface area contributed by atoms with E-state index < -0.39 is 0 Å². The number of rotatable bonds is 2. The van der Waals surface area contributed by atoms with Crippen molar-refractivity contribution in [1.29, 1.82) is 0 Å². The van der Waals surface area contributed by atoms with E-state index in [1.807, 2.05) is 6.07 Å². The van der Waals surface area contributed by atoms with E-state index in [1.54, 1.807) is 11.3 Å². The summed E-state index contributed by atoms with van der Waals surface area (Å²) in [4.78, 5) is 1.21. The number of hydrogen-bond acceptors (Lipinski definition) is 2. The summed E-state index contributed by atoms with van der Waals surface area (Å²) in [5.74, 6) is 0. The zero-order valence-electron chi connectivity index (χ0n) is 9.63. The first-order valence-electron chi connectivity index (χ1n) is 5.60. The highest BCUT2D eigenvalue weighted by Crippen LogP contribution is 2.30. The van der Waals surface area contributed by atoms with Gasteiger partial charge in [-0.05, 0) is 23.1 Å². The van der Waals surface area contributed by atoms with Crippen LogP contribution in [-0.2, 0) is 7.05 Å². The van der Waals surface area contributed by atoms with Gasteiger partial charge < -0.3 is 10.3 Å². The molecule has 3 rings (SSSR count). The first kappa shape index (κ1) is 10.6. The second kappa shape index (κ2) is 4.02. The largest absolute Gasteiger partial charge is 0.350 e. The number of hydrogen-bond donors (Lipinski definition) is 1. The van der Waals surface area contributed by atoms with Crippen LogP contribution in [0.3, 0.4) is 0 Å². The van der Waals surface area contributed by atoms with Crippen molar-refractivity contribution in [3.8, 4) is 0 Å². The summed E-state index contributed by atoms with van der Waals surface area (Å²) in [7, 11) is 2.06. The molecule has 86 valence electrons. The molecule has 0 spiro atoms. The molecule has 1 unspecified atom stereocenters. The van der Waals surface area contributed by atoms with Gasteiger partial charge in [0.15, 0.2) is 0 Å². The third-order valence-corrected chi connectivity index (χ3v) is 4.07. The topological polar surface area (TPSA) is 30.9 Å². The van der Waals surface area contributed by atoms with Crippen molar-refractivity contribution in [2.75, 3.05) is 0 Å². The Labute approximate surface area is 104 Å². The lowest BCUT2D eigenvalue weighted by molar-refractivity contribution is 0.878. The van der Waals surface area contributed by atoms with Crippen molar-refractivity contribution in [3.05, 3.63) is 58.4 Å². The number of fused-ring (bicyclic) bond motifs is 1.